The maximum atomic E-state index is 13.2. The van der Waals surface area contributed by atoms with Crippen LogP contribution in [-0.2, 0) is 17.8 Å². The number of thiazole rings is 1. The van der Waals surface area contributed by atoms with Gasteiger partial charge in [0.1, 0.15) is 0 Å². The summed E-state index contributed by atoms with van der Waals surface area (Å²) in [6.45, 7) is 1.40. The van der Waals surface area contributed by atoms with Crippen molar-refractivity contribution < 1.29 is 4.79 Å². The molecule has 0 saturated heterocycles. The fraction of sp³-hybridized carbons (Fsp3) is 0.357. The molecule has 2 aromatic carbocycles. The molecule has 0 atom stereocenters. The normalized spacial score (nSPS) is 14.2. The first-order chi connectivity index (χ1) is 16.3. The average molecular weight is 458 g/mol. The fourth-order valence-electron chi connectivity index (χ4n) is 4.89. The summed E-state index contributed by atoms with van der Waals surface area (Å²) in [6, 6.07) is 20.7. The molecule has 1 aliphatic carbocycles. The third-order valence-electron chi connectivity index (χ3n) is 6.80. The monoisotopic (exact) mass is 457 g/mol. The summed E-state index contributed by atoms with van der Waals surface area (Å²) in [6.07, 6.45) is 9.90. The smallest absolute Gasteiger partial charge is 0.222 e. The van der Waals surface area contributed by atoms with Gasteiger partial charge >= 0.3 is 0 Å². The number of imidazole rings is 1. The van der Waals surface area contributed by atoms with Crippen molar-refractivity contribution >= 4 is 22.2 Å². The number of carbonyl (C=O) groups excluding carboxylic acids is 1. The number of rotatable bonds is 9. The van der Waals surface area contributed by atoms with Crippen molar-refractivity contribution in [2.24, 2.45) is 5.92 Å². The molecule has 1 aliphatic rings. The molecule has 2 aromatic heterocycles. The van der Waals surface area contributed by atoms with E-state index in [1.54, 1.807) is 11.3 Å². The number of benzene rings is 2. The summed E-state index contributed by atoms with van der Waals surface area (Å²) in [5, 5.41) is 2.18. The Morgan fingerprint density at radius 1 is 1.03 bits per heavy atom. The molecule has 1 fully saturated rings. The van der Waals surface area contributed by atoms with Crippen LogP contribution in [0.25, 0.3) is 16.2 Å². The summed E-state index contributed by atoms with van der Waals surface area (Å²) < 4.78 is 2.19. The van der Waals surface area contributed by atoms with Crippen molar-refractivity contribution in [2.45, 2.75) is 51.5 Å². The molecule has 0 bridgehead atoms. The van der Waals surface area contributed by atoms with Gasteiger partial charge in [-0.2, -0.15) is 0 Å². The number of carbonyl (C=O) groups is 1. The average Bonchev–Trinajstić information content (AvgIpc) is 3.60. The van der Waals surface area contributed by atoms with Crippen LogP contribution in [0.2, 0.25) is 0 Å². The summed E-state index contributed by atoms with van der Waals surface area (Å²) in [4.78, 5) is 21.1. The summed E-state index contributed by atoms with van der Waals surface area (Å²) in [5.41, 5.74) is 4.53. The van der Waals surface area contributed by atoms with Crippen molar-refractivity contribution in [1.82, 2.24) is 14.3 Å². The molecule has 1 saturated carbocycles. The molecular weight excluding hydrogens is 426 g/mol. The Kier molecular flexibility index (Phi) is 6.87. The molecule has 0 aliphatic heterocycles. The first-order valence-corrected chi connectivity index (χ1v) is 13.0. The molecule has 4 nitrogen and oxygen atoms in total. The van der Waals surface area contributed by atoms with E-state index in [0.717, 1.165) is 41.5 Å². The van der Waals surface area contributed by atoms with E-state index in [-0.39, 0.29) is 5.91 Å². The van der Waals surface area contributed by atoms with Crippen molar-refractivity contribution in [3.8, 4) is 11.3 Å². The Bertz CT molecular complexity index is 1180. The van der Waals surface area contributed by atoms with E-state index in [9.17, 15) is 4.79 Å². The van der Waals surface area contributed by atoms with Crippen LogP contribution in [0.4, 0.5) is 0 Å². The van der Waals surface area contributed by atoms with Crippen LogP contribution < -0.4 is 0 Å². The highest BCUT2D eigenvalue weighted by Gasteiger charge is 2.20. The minimum Gasteiger partial charge on any atom is -0.338 e. The van der Waals surface area contributed by atoms with Gasteiger partial charge in [-0.1, -0.05) is 86.3 Å². The second kappa shape index (κ2) is 10.3. The number of amides is 1. The highest BCUT2D eigenvalue weighted by atomic mass is 32.1. The molecule has 5 heteroatoms. The second-order valence-corrected chi connectivity index (χ2v) is 9.95. The van der Waals surface area contributed by atoms with E-state index in [1.165, 1.54) is 36.9 Å². The van der Waals surface area contributed by atoms with Crippen LogP contribution in [0.5, 0.6) is 0 Å². The predicted molar refractivity (Wildman–Crippen MR) is 135 cm³/mol. The van der Waals surface area contributed by atoms with Gasteiger partial charge in [-0.05, 0) is 17.9 Å². The van der Waals surface area contributed by atoms with Crippen LogP contribution in [0.3, 0.4) is 0 Å². The molecular formula is C28H31N3OS. The number of nitrogens with zero attached hydrogens (tertiary/aromatic N) is 3. The van der Waals surface area contributed by atoms with E-state index < -0.39 is 0 Å². The fourth-order valence-corrected chi connectivity index (χ4v) is 5.79. The van der Waals surface area contributed by atoms with Gasteiger partial charge in [0.25, 0.3) is 0 Å². The zero-order valence-corrected chi connectivity index (χ0v) is 19.8. The molecule has 0 radical (unpaired) electrons. The molecule has 0 spiro atoms. The Morgan fingerprint density at radius 3 is 2.52 bits per heavy atom. The lowest BCUT2D eigenvalue weighted by Gasteiger charge is -2.23. The molecule has 170 valence electrons. The largest absolute Gasteiger partial charge is 0.338 e. The van der Waals surface area contributed by atoms with Crippen LogP contribution in [0.1, 0.15) is 49.8 Å². The first-order valence-electron chi connectivity index (χ1n) is 12.1. The van der Waals surface area contributed by atoms with Gasteiger partial charge in [0.2, 0.25) is 5.91 Å². The Hall–Kier alpha value is -2.92. The molecule has 33 heavy (non-hydrogen) atoms. The number of hydrogen-bond acceptors (Lipinski definition) is 3. The van der Waals surface area contributed by atoms with E-state index in [2.05, 4.69) is 57.3 Å². The predicted octanol–water partition coefficient (Wildman–Crippen LogP) is 6.60. The van der Waals surface area contributed by atoms with E-state index in [4.69, 9.17) is 4.98 Å². The lowest BCUT2D eigenvalue weighted by molar-refractivity contribution is -0.132. The molecule has 4 aromatic rings. The molecule has 2 heterocycles. The maximum Gasteiger partial charge on any atom is 0.222 e. The Balaban J connectivity index is 1.29. The van der Waals surface area contributed by atoms with Crippen LogP contribution in [-0.4, -0.2) is 26.7 Å². The van der Waals surface area contributed by atoms with Crippen molar-refractivity contribution in [1.29, 1.82) is 0 Å². The highest BCUT2D eigenvalue weighted by molar-refractivity contribution is 7.15. The van der Waals surface area contributed by atoms with Gasteiger partial charge in [-0.3, -0.25) is 9.20 Å². The minimum absolute atomic E-state index is 0.285. The van der Waals surface area contributed by atoms with Crippen LogP contribution in [0.15, 0.2) is 72.2 Å². The molecule has 0 unspecified atom stereocenters. The first kappa shape index (κ1) is 21.9. The van der Waals surface area contributed by atoms with Gasteiger partial charge in [-0.25, -0.2) is 4.98 Å². The number of fused-ring (bicyclic) bond motifs is 1. The summed E-state index contributed by atoms with van der Waals surface area (Å²) in [5.74, 6) is 1.03. The molecule has 5 rings (SSSR count). The topological polar surface area (TPSA) is 37.6 Å². The van der Waals surface area contributed by atoms with E-state index in [0.29, 0.717) is 13.0 Å². The third kappa shape index (κ3) is 5.36. The lowest BCUT2D eigenvalue weighted by Crippen LogP contribution is -2.32. The minimum atomic E-state index is 0.285. The lowest BCUT2D eigenvalue weighted by atomic mass is 10.0. The van der Waals surface area contributed by atoms with Gasteiger partial charge in [0.15, 0.2) is 4.96 Å². The zero-order valence-electron chi connectivity index (χ0n) is 19.0. The van der Waals surface area contributed by atoms with Gasteiger partial charge in [0, 0.05) is 48.8 Å². The molecule has 1 amide bonds. The van der Waals surface area contributed by atoms with Gasteiger partial charge in [-0.15, -0.1) is 11.3 Å². The molecule has 0 N–H and O–H groups in total. The van der Waals surface area contributed by atoms with Crippen LogP contribution in [0, 0.1) is 5.92 Å². The number of hydrogen-bond donors (Lipinski definition) is 0. The Morgan fingerprint density at radius 2 is 1.76 bits per heavy atom. The van der Waals surface area contributed by atoms with Crippen LogP contribution >= 0.6 is 11.3 Å². The van der Waals surface area contributed by atoms with E-state index in [1.807, 2.05) is 24.3 Å². The van der Waals surface area contributed by atoms with Gasteiger partial charge in [0.05, 0.1) is 5.69 Å². The van der Waals surface area contributed by atoms with Crippen molar-refractivity contribution in [3.63, 3.8) is 0 Å². The highest BCUT2D eigenvalue weighted by Crippen LogP contribution is 2.29. The second-order valence-electron chi connectivity index (χ2n) is 9.11. The quantitative estimate of drug-likeness (QED) is 0.284. The summed E-state index contributed by atoms with van der Waals surface area (Å²) in [7, 11) is 0. The third-order valence-corrected chi connectivity index (χ3v) is 7.69. The number of aromatic nitrogens is 2. The maximum absolute atomic E-state index is 13.2. The summed E-state index contributed by atoms with van der Waals surface area (Å²) >= 11 is 1.67. The SMILES string of the molecule is O=C(CCC1CCCC1)N(CCc1csc2nc(-c3ccccc3)cn12)Cc1ccccc1. The Labute approximate surface area is 199 Å². The standard InChI is InChI=1S/C28H31N3OS/c32-27(16-15-22-9-7-8-10-22)30(19-23-11-3-1-4-12-23)18-17-25-21-33-28-29-26(20-31(25)28)24-13-5-2-6-14-24/h1-6,11-14,20-22H,7-10,15-19H2. The van der Waals surface area contributed by atoms with Crippen molar-refractivity contribution in [3.05, 3.63) is 83.5 Å². The zero-order chi connectivity index (χ0) is 22.5. The van der Waals surface area contributed by atoms with Gasteiger partial charge < -0.3 is 4.90 Å². The van der Waals surface area contributed by atoms with E-state index >= 15 is 0 Å². The van der Waals surface area contributed by atoms with Crippen molar-refractivity contribution in [2.75, 3.05) is 6.54 Å².